The minimum atomic E-state index is -4.10. The van der Waals surface area contributed by atoms with E-state index in [1.54, 1.807) is 12.1 Å². The first-order chi connectivity index (χ1) is 12.0. The first-order valence-electron chi connectivity index (χ1n) is 9.72. The van der Waals surface area contributed by atoms with E-state index in [4.69, 9.17) is 5.73 Å². The number of benzene rings is 1. The molecule has 0 aliphatic rings. The first kappa shape index (κ1) is 24.1. The summed E-state index contributed by atoms with van der Waals surface area (Å²) in [5.41, 5.74) is 5.57. The Hall–Kier alpha value is -0.910. The van der Waals surface area contributed by atoms with Crippen LogP contribution in [0, 0.1) is 0 Å². The molecule has 0 saturated heterocycles. The fourth-order valence-electron chi connectivity index (χ4n) is 2.76. The smallest absolute Gasteiger partial charge is 0.294 e. The highest BCUT2D eigenvalue weighted by molar-refractivity contribution is 7.85. The molecule has 146 valence electrons. The average Bonchev–Trinajstić information content (AvgIpc) is 2.57. The van der Waals surface area contributed by atoms with Crippen LogP contribution in [0.5, 0.6) is 0 Å². The molecule has 0 aromatic heterocycles. The molecular formula is C20H37NO3S. The molecule has 0 spiro atoms. The van der Waals surface area contributed by atoms with E-state index in [0.29, 0.717) is 6.42 Å². The van der Waals surface area contributed by atoms with E-state index in [-0.39, 0.29) is 4.90 Å². The summed E-state index contributed by atoms with van der Waals surface area (Å²) in [6, 6.07) is 6.73. The number of hydrogen-bond donors (Lipinski definition) is 2. The van der Waals surface area contributed by atoms with Crippen LogP contribution in [0.4, 0.5) is 0 Å². The second-order valence-electron chi connectivity index (χ2n) is 6.42. The summed E-state index contributed by atoms with van der Waals surface area (Å²) >= 11 is 0. The first-order valence-corrected chi connectivity index (χ1v) is 11.2. The molecule has 1 rings (SSSR count). The van der Waals surface area contributed by atoms with E-state index in [9.17, 15) is 13.0 Å². The molecule has 0 heterocycles. The maximum atomic E-state index is 11.3. The highest BCUT2D eigenvalue weighted by Crippen LogP contribution is 2.18. The van der Waals surface area contributed by atoms with Crippen LogP contribution in [0.1, 0.15) is 83.6 Å². The molecule has 1 aromatic carbocycles. The predicted octanol–water partition coefficient (Wildman–Crippen LogP) is 5.36. The fraction of sp³-hybridized carbons (Fsp3) is 0.700. The lowest BCUT2D eigenvalue weighted by molar-refractivity contribution is 0.481. The van der Waals surface area contributed by atoms with Crippen LogP contribution < -0.4 is 5.73 Å². The zero-order valence-corrected chi connectivity index (χ0v) is 16.9. The third kappa shape index (κ3) is 13.0. The maximum absolute atomic E-state index is 11.3. The van der Waals surface area contributed by atoms with Crippen LogP contribution in [-0.4, -0.2) is 19.5 Å². The Balaban J connectivity index is 0.00000178. The number of aryl methyl sites for hydroxylation is 1. The van der Waals surface area contributed by atoms with E-state index in [0.717, 1.165) is 24.9 Å². The van der Waals surface area contributed by atoms with Gasteiger partial charge < -0.3 is 5.73 Å². The van der Waals surface area contributed by atoms with Crippen LogP contribution in [0.15, 0.2) is 29.2 Å². The van der Waals surface area contributed by atoms with E-state index in [1.807, 2.05) is 13.0 Å². The molecule has 0 radical (unpaired) electrons. The van der Waals surface area contributed by atoms with Crippen molar-refractivity contribution in [3.8, 4) is 0 Å². The van der Waals surface area contributed by atoms with Gasteiger partial charge in [0.1, 0.15) is 0 Å². The highest BCUT2D eigenvalue weighted by atomic mass is 32.2. The molecule has 0 saturated carbocycles. The van der Waals surface area contributed by atoms with Crippen molar-refractivity contribution in [3.05, 3.63) is 29.8 Å². The van der Waals surface area contributed by atoms with Crippen LogP contribution in [-0.2, 0) is 16.5 Å². The Morgan fingerprint density at radius 3 is 1.76 bits per heavy atom. The molecular weight excluding hydrogens is 334 g/mol. The van der Waals surface area contributed by atoms with Gasteiger partial charge in [0.25, 0.3) is 10.1 Å². The minimum absolute atomic E-state index is 0.0610. The van der Waals surface area contributed by atoms with E-state index >= 15 is 0 Å². The molecule has 25 heavy (non-hydrogen) atoms. The minimum Gasteiger partial charge on any atom is -0.331 e. The zero-order valence-electron chi connectivity index (χ0n) is 16.0. The van der Waals surface area contributed by atoms with Gasteiger partial charge in [-0.3, -0.25) is 4.55 Å². The van der Waals surface area contributed by atoms with Crippen molar-refractivity contribution in [1.29, 1.82) is 0 Å². The van der Waals surface area contributed by atoms with Gasteiger partial charge in [-0.25, -0.2) is 0 Å². The number of rotatable bonds is 12. The second-order valence-corrected chi connectivity index (χ2v) is 7.81. The number of unbranched alkanes of at least 4 members (excludes halogenated alkanes) is 9. The van der Waals surface area contributed by atoms with Crippen LogP contribution in [0.2, 0.25) is 0 Å². The van der Waals surface area contributed by atoms with Gasteiger partial charge >= 0.3 is 0 Å². The molecule has 0 atom stereocenters. The maximum Gasteiger partial charge on any atom is 0.294 e. The van der Waals surface area contributed by atoms with Gasteiger partial charge in [-0.2, -0.15) is 8.42 Å². The Morgan fingerprint density at radius 2 is 1.28 bits per heavy atom. The summed E-state index contributed by atoms with van der Waals surface area (Å²) in [6.45, 7) is 4.89. The third-order valence-electron chi connectivity index (χ3n) is 4.05. The molecule has 0 amide bonds. The molecule has 1 aromatic rings. The highest BCUT2D eigenvalue weighted by Gasteiger charge is 2.13. The quantitative estimate of drug-likeness (QED) is 0.383. The third-order valence-corrected chi connectivity index (χ3v) is 5.00. The molecule has 0 bridgehead atoms. The summed E-state index contributed by atoms with van der Waals surface area (Å²) in [7, 11) is -4.10. The van der Waals surface area contributed by atoms with Crippen molar-refractivity contribution in [1.82, 2.24) is 0 Å². The van der Waals surface area contributed by atoms with Gasteiger partial charge in [-0.1, -0.05) is 89.8 Å². The van der Waals surface area contributed by atoms with E-state index < -0.39 is 10.1 Å². The zero-order chi connectivity index (χ0) is 19.0. The number of hydrogen-bond acceptors (Lipinski definition) is 3. The van der Waals surface area contributed by atoms with Crippen molar-refractivity contribution in [2.45, 2.75) is 89.4 Å². The summed E-state index contributed by atoms with van der Waals surface area (Å²) in [4.78, 5) is 0.0610. The molecule has 4 nitrogen and oxygen atoms in total. The van der Waals surface area contributed by atoms with Crippen molar-refractivity contribution in [3.63, 3.8) is 0 Å². The molecule has 0 unspecified atom stereocenters. The predicted molar refractivity (Wildman–Crippen MR) is 107 cm³/mol. The standard InChI is InChI=1S/C18H30O3S.C2H7N/c1-2-3-4-5-6-7-8-9-10-11-14-17-15-12-13-16-18(17)22(19,20)21;1-2-3/h12-13,15-16H,2-11,14H2,1H3,(H,19,20,21);2-3H2,1H3. The summed E-state index contributed by atoms with van der Waals surface area (Å²) in [5.74, 6) is 0. The van der Waals surface area contributed by atoms with E-state index in [2.05, 4.69) is 6.92 Å². The Kier molecular flexibility index (Phi) is 14.8. The van der Waals surface area contributed by atoms with Gasteiger partial charge in [-0.05, 0) is 31.0 Å². The topological polar surface area (TPSA) is 80.4 Å². The van der Waals surface area contributed by atoms with Gasteiger partial charge in [0.05, 0.1) is 4.90 Å². The Bertz CT molecular complexity index is 529. The lowest BCUT2D eigenvalue weighted by atomic mass is 10.0. The lowest BCUT2D eigenvalue weighted by Crippen LogP contribution is -2.03. The summed E-state index contributed by atoms with van der Waals surface area (Å²) < 4.78 is 31.8. The molecule has 0 fully saturated rings. The van der Waals surface area contributed by atoms with Crippen molar-refractivity contribution in [2.24, 2.45) is 5.73 Å². The lowest BCUT2D eigenvalue weighted by Gasteiger charge is -2.07. The summed E-state index contributed by atoms with van der Waals surface area (Å²) in [6.07, 6.45) is 13.3. The average molecular weight is 372 g/mol. The number of nitrogens with two attached hydrogens (primary N) is 1. The van der Waals surface area contributed by atoms with Crippen LogP contribution >= 0.6 is 0 Å². The van der Waals surface area contributed by atoms with Gasteiger partial charge in [0.15, 0.2) is 0 Å². The van der Waals surface area contributed by atoms with Crippen molar-refractivity contribution in [2.75, 3.05) is 6.54 Å². The fourth-order valence-corrected chi connectivity index (χ4v) is 3.52. The largest absolute Gasteiger partial charge is 0.331 e. The van der Waals surface area contributed by atoms with Crippen molar-refractivity contribution >= 4 is 10.1 Å². The molecule has 0 aliphatic heterocycles. The SMILES string of the molecule is CCCCCCCCCCCCc1ccccc1S(=O)(=O)O.CCN. The van der Waals surface area contributed by atoms with Gasteiger partial charge in [-0.15, -0.1) is 0 Å². The molecule has 0 aliphatic carbocycles. The van der Waals surface area contributed by atoms with Crippen LogP contribution in [0.25, 0.3) is 0 Å². The van der Waals surface area contributed by atoms with Crippen molar-refractivity contribution < 1.29 is 13.0 Å². The normalized spacial score (nSPS) is 11.0. The second kappa shape index (κ2) is 15.4. The van der Waals surface area contributed by atoms with Crippen LogP contribution in [0.3, 0.4) is 0 Å². The molecule has 3 N–H and O–H groups in total. The Labute approximate surface area is 155 Å². The van der Waals surface area contributed by atoms with E-state index in [1.165, 1.54) is 57.4 Å². The Morgan fingerprint density at radius 1 is 0.840 bits per heavy atom. The summed E-state index contributed by atoms with van der Waals surface area (Å²) in [5, 5.41) is 0. The molecule has 5 heteroatoms. The van der Waals surface area contributed by atoms with Gasteiger partial charge in [0, 0.05) is 0 Å². The van der Waals surface area contributed by atoms with Gasteiger partial charge in [0.2, 0.25) is 0 Å². The monoisotopic (exact) mass is 371 g/mol.